The molecule has 0 aromatic heterocycles. The number of aliphatic hydroxyl groups excluding tert-OH is 1. The van der Waals surface area contributed by atoms with E-state index in [1.165, 1.54) is 24.0 Å². The van der Waals surface area contributed by atoms with Gasteiger partial charge in [0.25, 0.3) is 0 Å². The van der Waals surface area contributed by atoms with Crippen LogP contribution in [0.2, 0.25) is 0 Å². The van der Waals surface area contributed by atoms with Crippen molar-refractivity contribution in [3.05, 3.63) is 62.5 Å². The maximum absolute atomic E-state index is 10.1. The summed E-state index contributed by atoms with van der Waals surface area (Å²) in [5.74, 6) is 1.39. The zero-order chi connectivity index (χ0) is 16.7. The van der Waals surface area contributed by atoms with Crippen LogP contribution in [0.15, 0.2) is 0 Å². The Hall–Kier alpha value is 0.789. The summed E-state index contributed by atoms with van der Waals surface area (Å²) < 4.78 is 0. The summed E-state index contributed by atoms with van der Waals surface area (Å²) in [6.07, 6.45) is 21.0. The molecule has 0 aromatic rings. The van der Waals surface area contributed by atoms with Gasteiger partial charge < -0.3 is 10.0 Å². The molecule has 0 spiro atoms. The third-order valence-electron chi connectivity index (χ3n) is 4.53. The Balaban J connectivity index is 0.000000412. The molecule has 10 radical (unpaired) electrons. The van der Waals surface area contributed by atoms with Gasteiger partial charge in [-0.1, -0.05) is 12.8 Å². The molecule has 3 aliphatic rings. The Morgan fingerprint density at radius 1 is 1.00 bits per heavy atom. The van der Waals surface area contributed by atoms with Crippen LogP contribution in [0.4, 0.5) is 0 Å². The molecule has 3 fully saturated rings. The van der Waals surface area contributed by atoms with Crippen molar-refractivity contribution in [1.82, 2.24) is 4.90 Å². The van der Waals surface area contributed by atoms with Crippen molar-refractivity contribution in [3.8, 4) is 0 Å². The standard InChI is InChI=1S/C15H24NOS.C5H5.Fe/c1-11(16(2)3)12-7-6-10-14(12)18-15-9-5-4-8-13(15)17;1-2-4-5-3-1;/h6-7,10-11,13,15,17H,4-5,8-9H2,1-3H3;1-5H;/q;;+2/t11-,13+,15+;;/m0../s1. The van der Waals surface area contributed by atoms with E-state index in [1.54, 1.807) is 0 Å². The summed E-state index contributed by atoms with van der Waals surface area (Å²) in [5, 5.41) is 11.8. The average molecular weight is 387 g/mol. The van der Waals surface area contributed by atoms with Gasteiger partial charge in [0.15, 0.2) is 0 Å². The zero-order valence-corrected chi connectivity index (χ0v) is 16.8. The van der Waals surface area contributed by atoms with E-state index in [2.05, 4.69) is 45.2 Å². The fraction of sp³-hybridized carbons (Fsp3) is 0.500. The van der Waals surface area contributed by atoms with E-state index >= 15 is 0 Å². The molecule has 0 unspecified atom stereocenters. The molecule has 3 saturated carbocycles. The Morgan fingerprint density at radius 3 is 2.12 bits per heavy atom. The Morgan fingerprint density at radius 2 is 1.58 bits per heavy atom. The second-order valence-corrected chi connectivity index (χ2v) is 7.74. The van der Waals surface area contributed by atoms with Crippen molar-refractivity contribution < 1.29 is 22.2 Å². The number of aliphatic hydroxyl groups is 1. The van der Waals surface area contributed by atoms with E-state index in [4.69, 9.17) is 0 Å². The first kappa shape index (κ1) is 22.8. The van der Waals surface area contributed by atoms with Gasteiger partial charge in [0.1, 0.15) is 0 Å². The smallest absolute Gasteiger partial charge is 0.392 e. The number of hydrogen-bond acceptors (Lipinski definition) is 3. The first-order valence-corrected chi connectivity index (χ1v) is 9.41. The van der Waals surface area contributed by atoms with Gasteiger partial charge in [0.2, 0.25) is 0 Å². The van der Waals surface area contributed by atoms with Crippen molar-refractivity contribution in [2.45, 2.75) is 50.0 Å². The predicted octanol–water partition coefficient (Wildman–Crippen LogP) is 3.73. The maximum atomic E-state index is 10.1. The number of thioether (sulfide) groups is 1. The van der Waals surface area contributed by atoms with Crippen molar-refractivity contribution in [3.63, 3.8) is 0 Å². The van der Waals surface area contributed by atoms with Gasteiger partial charge in [0.05, 0.1) is 6.10 Å². The second kappa shape index (κ2) is 12.2. The summed E-state index contributed by atoms with van der Waals surface area (Å²) >= 11 is 1.87. The summed E-state index contributed by atoms with van der Waals surface area (Å²) in [6, 6.07) is 0.434. The van der Waals surface area contributed by atoms with Crippen LogP contribution < -0.4 is 0 Å². The van der Waals surface area contributed by atoms with Gasteiger partial charge >= 0.3 is 17.1 Å². The topological polar surface area (TPSA) is 23.5 Å². The molecule has 0 aromatic carbocycles. The molecule has 3 rings (SSSR count). The van der Waals surface area contributed by atoms with Crippen LogP contribution >= 0.6 is 11.8 Å². The summed E-state index contributed by atoms with van der Waals surface area (Å²) in [6.45, 7) is 2.23. The average Bonchev–Trinajstić information content (AvgIpc) is 3.23. The number of nitrogens with zero attached hydrogens (tertiary/aromatic N) is 1. The molecule has 24 heavy (non-hydrogen) atoms. The minimum atomic E-state index is -0.124. The second-order valence-electron chi connectivity index (χ2n) is 6.46. The minimum Gasteiger partial charge on any atom is -0.392 e. The van der Waals surface area contributed by atoms with Gasteiger partial charge in [-0.2, -0.15) is 0 Å². The molecular weight excluding hydrogens is 358 g/mol. The van der Waals surface area contributed by atoms with Gasteiger partial charge in [-0.15, -0.1) is 11.8 Å². The summed E-state index contributed by atoms with van der Waals surface area (Å²) in [5.41, 5.74) is 0. The van der Waals surface area contributed by atoms with E-state index in [0.717, 1.165) is 12.8 Å². The molecule has 1 N–H and O–H groups in total. The first-order chi connectivity index (χ1) is 11.1. The Bertz CT molecular complexity index is 317. The molecule has 0 bridgehead atoms. The van der Waals surface area contributed by atoms with Crippen molar-refractivity contribution in [1.29, 1.82) is 0 Å². The number of hydrogen-bond donors (Lipinski definition) is 1. The van der Waals surface area contributed by atoms with Crippen LogP contribution in [-0.2, 0) is 17.1 Å². The molecule has 0 saturated heterocycles. The summed E-state index contributed by atoms with van der Waals surface area (Å²) in [4.78, 5) is 2.23. The van der Waals surface area contributed by atoms with E-state index in [0.29, 0.717) is 11.3 Å². The third-order valence-corrected chi connectivity index (χ3v) is 6.01. The molecule has 2 nitrogen and oxygen atoms in total. The summed E-state index contributed by atoms with van der Waals surface area (Å²) in [7, 11) is 4.23. The predicted molar refractivity (Wildman–Crippen MR) is 99.9 cm³/mol. The van der Waals surface area contributed by atoms with E-state index in [9.17, 15) is 5.11 Å². The van der Waals surface area contributed by atoms with Crippen molar-refractivity contribution >= 4 is 11.8 Å². The zero-order valence-electron chi connectivity index (χ0n) is 14.8. The van der Waals surface area contributed by atoms with Crippen LogP contribution in [0, 0.1) is 62.5 Å². The fourth-order valence-corrected chi connectivity index (χ4v) is 4.28. The van der Waals surface area contributed by atoms with Crippen molar-refractivity contribution in [2.24, 2.45) is 0 Å². The normalized spacial score (nSPS) is 29.9. The van der Waals surface area contributed by atoms with Crippen LogP contribution in [-0.4, -0.2) is 41.5 Å². The monoisotopic (exact) mass is 387 g/mol. The van der Waals surface area contributed by atoms with E-state index < -0.39 is 0 Å². The molecule has 0 aliphatic heterocycles. The molecule has 3 atom stereocenters. The SMILES string of the molecule is C[C@@H]([C]1[CH][CH][CH][C]1S[C@@H]1CCCC[C@H]1O)N(C)C.[CH]1[CH][CH][CH][CH]1.[Fe+2]. The van der Waals surface area contributed by atoms with Crippen LogP contribution in [0.3, 0.4) is 0 Å². The van der Waals surface area contributed by atoms with E-state index in [-0.39, 0.29) is 23.2 Å². The van der Waals surface area contributed by atoms with Crippen LogP contribution in [0.1, 0.15) is 32.6 Å². The maximum Gasteiger partial charge on any atom is 2.00 e. The number of rotatable bonds is 4. The van der Waals surface area contributed by atoms with Crippen molar-refractivity contribution in [2.75, 3.05) is 14.1 Å². The van der Waals surface area contributed by atoms with Crippen LogP contribution in [0.5, 0.6) is 0 Å². The molecule has 132 valence electrons. The largest absolute Gasteiger partial charge is 2.00 e. The van der Waals surface area contributed by atoms with Gasteiger partial charge in [-0.25, -0.2) is 0 Å². The Labute approximate surface area is 165 Å². The quantitative estimate of drug-likeness (QED) is 0.744. The van der Waals surface area contributed by atoms with Crippen LogP contribution in [0.25, 0.3) is 0 Å². The molecule has 4 heteroatoms. The minimum absolute atomic E-state index is 0. The van der Waals surface area contributed by atoms with Gasteiger partial charge in [0, 0.05) is 22.5 Å². The molecule has 0 heterocycles. The van der Waals surface area contributed by atoms with E-state index in [1.807, 2.05) is 43.9 Å². The fourth-order valence-electron chi connectivity index (χ4n) is 2.85. The first-order valence-electron chi connectivity index (χ1n) is 8.53. The Kier molecular flexibility index (Phi) is 11.6. The third kappa shape index (κ3) is 7.19. The molecular formula is C20H29FeNOS+2. The van der Waals surface area contributed by atoms with Gasteiger partial charge in [-0.3, -0.25) is 0 Å². The molecule has 0 amide bonds. The van der Waals surface area contributed by atoms with Gasteiger partial charge in [-0.05, 0) is 85.2 Å². The molecule has 3 aliphatic carbocycles.